The number of benzene rings is 1. The van der Waals surface area contributed by atoms with Gasteiger partial charge < -0.3 is 5.32 Å². The summed E-state index contributed by atoms with van der Waals surface area (Å²) in [6, 6.07) is 6.73. The summed E-state index contributed by atoms with van der Waals surface area (Å²) in [6.45, 7) is 0. The van der Waals surface area contributed by atoms with Gasteiger partial charge in [0.1, 0.15) is 17.2 Å². The van der Waals surface area contributed by atoms with E-state index in [2.05, 4.69) is 37.6 Å². The van der Waals surface area contributed by atoms with Crippen molar-refractivity contribution in [3.8, 4) is 22.6 Å². The Hall–Kier alpha value is -3.35. The third kappa shape index (κ3) is 2.89. The molecule has 2 fully saturated rings. The van der Waals surface area contributed by atoms with Gasteiger partial charge in [0, 0.05) is 29.1 Å². The number of hydrogen-bond acceptors (Lipinski definition) is 6. The zero-order chi connectivity index (χ0) is 18.5. The van der Waals surface area contributed by atoms with E-state index in [1.54, 1.807) is 12.4 Å². The number of H-pyrrole nitrogens is 1. The summed E-state index contributed by atoms with van der Waals surface area (Å²) >= 11 is 0. The summed E-state index contributed by atoms with van der Waals surface area (Å²) in [7, 11) is 0. The number of anilines is 1. The highest BCUT2D eigenvalue weighted by Crippen LogP contribution is 2.39. The van der Waals surface area contributed by atoms with Gasteiger partial charge in [-0.2, -0.15) is 5.10 Å². The van der Waals surface area contributed by atoms with Gasteiger partial charge in [-0.05, 0) is 37.8 Å². The van der Waals surface area contributed by atoms with E-state index in [4.69, 9.17) is 9.97 Å². The molecule has 0 radical (unpaired) electrons. The summed E-state index contributed by atoms with van der Waals surface area (Å²) in [6.07, 6.45) is 12.1. The minimum Gasteiger partial charge on any atom is -0.366 e. The SMILES string of the molecule is c1cc2[nH]nc(-c3cncc(NC4CC4)n3)c2cc1-c1cncc(C2CC2)n1. The Labute approximate surface area is 161 Å². The quantitative estimate of drug-likeness (QED) is 0.554. The average molecular weight is 369 g/mol. The Bertz CT molecular complexity index is 1170. The molecule has 0 amide bonds. The van der Waals surface area contributed by atoms with Crippen molar-refractivity contribution in [3.63, 3.8) is 0 Å². The first-order valence-electron chi connectivity index (χ1n) is 9.73. The van der Waals surface area contributed by atoms with Gasteiger partial charge in [0.05, 0.1) is 35.5 Å². The van der Waals surface area contributed by atoms with Gasteiger partial charge in [0.2, 0.25) is 0 Å². The Kier molecular flexibility index (Phi) is 3.41. The largest absolute Gasteiger partial charge is 0.366 e. The predicted molar refractivity (Wildman–Crippen MR) is 107 cm³/mol. The number of aromatic nitrogens is 6. The van der Waals surface area contributed by atoms with Crippen LogP contribution in [0.15, 0.2) is 43.0 Å². The van der Waals surface area contributed by atoms with E-state index in [1.165, 1.54) is 25.7 Å². The van der Waals surface area contributed by atoms with Gasteiger partial charge in [-0.15, -0.1) is 0 Å². The number of rotatable bonds is 5. The van der Waals surface area contributed by atoms with E-state index >= 15 is 0 Å². The van der Waals surface area contributed by atoms with Crippen molar-refractivity contribution >= 4 is 16.7 Å². The van der Waals surface area contributed by atoms with Crippen molar-refractivity contribution in [2.24, 2.45) is 0 Å². The maximum Gasteiger partial charge on any atom is 0.145 e. The molecule has 0 unspecified atom stereocenters. The highest BCUT2D eigenvalue weighted by Gasteiger charge is 2.25. The summed E-state index contributed by atoms with van der Waals surface area (Å²) in [5, 5.41) is 12.0. The Morgan fingerprint density at radius 1 is 0.893 bits per heavy atom. The lowest BCUT2D eigenvalue weighted by Crippen LogP contribution is -2.04. The van der Waals surface area contributed by atoms with Gasteiger partial charge in [-0.3, -0.25) is 15.1 Å². The first-order chi connectivity index (χ1) is 13.8. The number of nitrogens with one attached hydrogen (secondary N) is 2. The molecule has 4 aromatic rings. The molecule has 2 saturated carbocycles. The number of fused-ring (bicyclic) bond motifs is 1. The molecule has 0 saturated heterocycles. The molecule has 2 N–H and O–H groups in total. The lowest BCUT2D eigenvalue weighted by Gasteiger charge is -2.05. The molecule has 0 spiro atoms. The molecule has 0 bridgehead atoms. The molecule has 6 rings (SSSR count). The summed E-state index contributed by atoms with van der Waals surface area (Å²) < 4.78 is 0. The highest BCUT2D eigenvalue weighted by molar-refractivity contribution is 5.94. The molecule has 2 aliphatic rings. The molecule has 0 atom stereocenters. The number of hydrogen-bond donors (Lipinski definition) is 2. The summed E-state index contributed by atoms with van der Waals surface area (Å²) in [5.74, 6) is 1.38. The van der Waals surface area contributed by atoms with Crippen LogP contribution in [0.4, 0.5) is 5.82 Å². The smallest absolute Gasteiger partial charge is 0.145 e. The van der Waals surface area contributed by atoms with Crippen LogP contribution in [-0.4, -0.2) is 36.2 Å². The topological polar surface area (TPSA) is 92.3 Å². The molecule has 1 aromatic carbocycles. The summed E-state index contributed by atoms with van der Waals surface area (Å²) in [4.78, 5) is 18.3. The minimum atomic E-state index is 0.532. The fraction of sp³-hybridized carbons (Fsp3) is 0.286. The fourth-order valence-corrected chi connectivity index (χ4v) is 3.45. The Balaban J connectivity index is 1.41. The van der Waals surface area contributed by atoms with Crippen molar-refractivity contribution in [2.45, 2.75) is 37.6 Å². The maximum absolute atomic E-state index is 4.82. The minimum absolute atomic E-state index is 0.532. The lowest BCUT2D eigenvalue weighted by atomic mass is 10.1. The van der Waals surface area contributed by atoms with E-state index in [-0.39, 0.29) is 0 Å². The second-order valence-electron chi connectivity index (χ2n) is 7.64. The second kappa shape index (κ2) is 6.09. The van der Waals surface area contributed by atoms with Crippen molar-refractivity contribution in [2.75, 3.05) is 5.32 Å². The van der Waals surface area contributed by atoms with Crippen LogP contribution in [0.3, 0.4) is 0 Å². The maximum atomic E-state index is 4.82. The molecule has 3 heterocycles. The molecule has 3 aromatic heterocycles. The number of nitrogens with zero attached hydrogens (tertiary/aromatic N) is 5. The van der Waals surface area contributed by atoms with Crippen LogP contribution in [0.1, 0.15) is 37.3 Å². The second-order valence-corrected chi connectivity index (χ2v) is 7.64. The fourth-order valence-electron chi connectivity index (χ4n) is 3.45. The van der Waals surface area contributed by atoms with Gasteiger partial charge in [-0.1, -0.05) is 6.07 Å². The van der Waals surface area contributed by atoms with Gasteiger partial charge in [0.25, 0.3) is 0 Å². The third-order valence-electron chi connectivity index (χ3n) is 5.31. The number of aromatic amines is 1. The van der Waals surface area contributed by atoms with Gasteiger partial charge >= 0.3 is 0 Å². The molecule has 0 aliphatic heterocycles. The molecule has 2 aliphatic carbocycles. The Morgan fingerprint density at radius 3 is 2.61 bits per heavy atom. The van der Waals surface area contributed by atoms with Crippen LogP contribution in [0.2, 0.25) is 0 Å². The monoisotopic (exact) mass is 369 g/mol. The predicted octanol–water partition coefficient (Wildman–Crippen LogP) is 3.93. The van der Waals surface area contributed by atoms with E-state index in [9.17, 15) is 0 Å². The van der Waals surface area contributed by atoms with Crippen LogP contribution >= 0.6 is 0 Å². The Morgan fingerprint density at radius 2 is 1.75 bits per heavy atom. The summed E-state index contributed by atoms with van der Waals surface area (Å²) in [5.41, 5.74) is 5.54. The van der Waals surface area contributed by atoms with Crippen LogP contribution < -0.4 is 5.32 Å². The first-order valence-corrected chi connectivity index (χ1v) is 9.73. The lowest BCUT2D eigenvalue weighted by molar-refractivity contribution is 0.993. The van der Waals surface area contributed by atoms with Crippen LogP contribution in [0.5, 0.6) is 0 Å². The van der Waals surface area contributed by atoms with Gasteiger partial charge in [0.15, 0.2) is 0 Å². The van der Waals surface area contributed by atoms with Crippen molar-refractivity contribution in [1.29, 1.82) is 0 Å². The van der Waals surface area contributed by atoms with Crippen molar-refractivity contribution in [3.05, 3.63) is 48.7 Å². The van der Waals surface area contributed by atoms with Crippen molar-refractivity contribution in [1.82, 2.24) is 30.1 Å². The molecule has 138 valence electrons. The molecular formula is C21H19N7. The van der Waals surface area contributed by atoms with Crippen LogP contribution in [0, 0.1) is 0 Å². The van der Waals surface area contributed by atoms with Crippen LogP contribution in [0.25, 0.3) is 33.5 Å². The zero-order valence-electron chi connectivity index (χ0n) is 15.3. The third-order valence-corrected chi connectivity index (χ3v) is 5.31. The first kappa shape index (κ1) is 15.7. The molecule has 7 heteroatoms. The average Bonchev–Trinajstić information content (AvgIpc) is 3.66. The van der Waals surface area contributed by atoms with Crippen molar-refractivity contribution < 1.29 is 0 Å². The van der Waals surface area contributed by atoms with Gasteiger partial charge in [-0.25, -0.2) is 9.97 Å². The zero-order valence-corrected chi connectivity index (χ0v) is 15.3. The van der Waals surface area contributed by atoms with Crippen LogP contribution in [-0.2, 0) is 0 Å². The van der Waals surface area contributed by atoms with E-state index in [0.717, 1.165) is 45.1 Å². The van der Waals surface area contributed by atoms with E-state index in [1.807, 2.05) is 18.5 Å². The molecular weight excluding hydrogens is 350 g/mol. The normalized spacial score (nSPS) is 16.4. The van der Waals surface area contributed by atoms with E-state index in [0.29, 0.717) is 12.0 Å². The molecule has 7 nitrogen and oxygen atoms in total. The van der Waals surface area contributed by atoms with E-state index < -0.39 is 0 Å². The highest BCUT2D eigenvalue weighted by atomic mass is 15.1. The molecule has 28 heavy (non-hydrogen) atoms. The standard InChI is InChI=1S/C21H19N7/c1-2-12(1)17-8-22-9-18(25-17)13-3-6-16-15(7-13)21(28-27-16)19-10-23-11-20(26-19)24-14-4-5-14/h3,6-12,14H,1-2,4-5H2,(H,24,26)(H,27,28).